The molecule has 5 nitrogen and oxygen atoms in total. The fourth-order valence-corrected chi connectivity index (χ4v) is 2.25. The van der Waals surface area contributed by atoms with Gasteiger partial charge in [0.05, 0.1) is 17.5 Å². The van der Waals surface area contributed by atoms with Crippen molar-refractivity contribution in [3.63, 3.8) is 0 Å². The Morgan fingerprint density at radius 1 is 0.769 bits per heavy atom. The molecule has 0 aliphatic rings. The predicted molar refractivity (Wildman–Crippen MR) is 105 cm³/mol. The van der Waals surface area contributed by atoms with Gasteiger partial charge in [0.1, 0.15) is 0 Å². The van der Waals surface area contributed by atoms with Gasteiger partial charge in [0.2, 0.25) is 0 Å². The second-order valence-corrected chi connectivity index (χ2v) is 5.59. The van der Waals surface area contributed by atoms with Gasteiger partial charge in [-0.3, -0.25) is 5.43 Å². The van der Waals surface area contributed by atoms with Gasteiger partial charge in [0, 0.05) is 11.1 Å². The molecule has 5 N–H and O–H groups in total. The highest BCUT2D eigenvalue weighted by Crippen LogP contribution is 2.17. The van der Waals surface area contributed by atoms with Gasteiger partial charge in [0.25, 0.3) is 0 Å². The molecule has 0 amide bonds. The third-order valence-electron chi connectivity index (χ3n) is 3.66. The largest absolute Gasteiger partial charge is 0.312 e. The minimum Gasteiger partial charge on any atom is -0.312 e. The summed E-state index contributed by atoms with van der Waals surface area (Å²) in [6.07, 6.45) is -0.492. The summed E-state index contributed by atoms with van der Waals surface area (Å²) in [4.78, 5) is 0. The van der Waals surface area contributed by atoms with E-state index in [-0.39, 0.29) is 0 Å². The molecule has 3 aromatic carbocycles. The molecule has 5 heteroatoms. The number of para-hydroxylation sites is 1. The van der Waals surface area contributed by atoms with Crippen molar-refractivity contribution in [2.75, 3.05) is 5.43 Å². The summed E-state index contributed by atoms with van der Waals surface area (Å²) in [6.45, 7) is 0. The molecule has 0 radical (unpaired) electrons. The summed E-state index contributed by atoms with van der Waals surface area (Å²) >= 11 is 0. The first-order valence-corrected chi connectivity index (χ1v) is 8.16. The third-order valence-corrected chi connectivity index (χ3v) is 3.66. The summed E-state index contributed by atoms with van der Waals surface area (Å²) < 4.78 is 0. The monoisotopic (exact) mass is 341 g/mol. The first-order chi connectivity index (χ1) is 12.7. The topological polar surface area (TPSA) is 88.8 Å². The summed E-state index contributed by atoms with van der Waals surface area (Å²) in [5.41, 5.74) is 18.3. The Morgan fingerprint density at radius 3 is 2.19 bits per heavy atom. The van der Waals surface area contributed by atoms with Crippen LogP contribution in [0.2, 0.25) is 0 Å². The average Bonchev–Trinajstić information content (AvgIpc) is 2.68. The molecule has 3 aromatic rings. The van der Waals surface area contributed by atoms with Crippen molar-refractivity contribution in [3.05, 3.63) is 95.6 Å². The number of benzene rings is 3. The predicted octanol–water partition coefficient (Wildman–Crippen LogP) is 4.11. The summed E-state index contributed by atoms with van der Waals surface area (Å²) in [5, 5.41) is 8.19. The highest BCUT2D eigenvalue weighted by atomic mass is 15.4. The van der Waals surface area contributed by atoms with Crippen molar-refractivity contribution >= 4 is 11.4 Å². The molecular formula is C21H19N5. The molecule has 0 fully saturated rings. The van der Waals surface area contributed by atoms with E-state index in [0.717, 1.165) is 22.4 Å². The van der Waals surface area contributed by atoms with Crippen LogP contribution in [0.3, 0.4) is 0 Å². The minimum absolute atomic E-state index is 0.492. The molecule has 0 spiro atoms. The van der Waals surface area contributed by atoms with Crippen LogP contribution in [0.15, 0.2) is 89.2 Å². The van der Waals surface area contributed by atoms with E-state index in [2.05, 4.69) is 27.6 Å². The molecular weight excluding hydrogens is 322 g/mol. The van der Waals surface area contributed by atoms with Crippen LogP contribution < -0.4 is 16.9 Å². The van der Waals surface area contributed by atoms with Crippen LogP contribution >= 0.6 is 0 Å². The summed E-state index contributed by atoms with van der Waals surface area (Å²) in [5.74, 6) is 6.30. The zero-order valence-electron chi connectivity index (χ0n) is 14.1. The fraction of sp³-hybridized carbons (Fsp3) is 0.0476. The van der Waals surface area contributed by atoms with Crippen molar-refractivity contribution in [3.8, 4) is 11.8 Å². The van der Waals surface area contributed by atoms with E-state index in [1.165, 1.54) is 0 Å². The highest BCUT2D eigenvalue weighted by molar-refractivity contribution is 5.59. The zero-order chi connectivity index (χ0) is 18.2. The molecule has 128 valence electrons. The van der Waals surface area contributed by atoms with Crippen LogP contribution in [-0.4, -0.2) is 0 Å². The number of anilines is 1. The van der Waals surface area contributed by atoms with Gasteiger partial charge < -0.3 is 11.5 Å². The molecule has 0 saturated heterocycles. The maximum atomic E-state index is 5.63. The van der Waals surface area contributed by atoms with Crippen molar-refractivity contribution in [1.29, 1.82) is 0 Å². The summed E-state index contributed by atoms with van der Waals surface area (Å²) in [6, 6.07) is 24.8. The maximum Gasteiger partial charge on any atom is 0.0874 e. The van der Waals surface area contributed by atoms with E-state index >= 15 is 0 Å². The lowest BCUT2D eigenvalue weighted by atomic mass is 10.1. The molecule has 0 heterocycles. The maximum absolute atomic E-state index is 5.63. The Bertz CT molecular complexity index is 935. The zero-order valence-corrected chi connectivity index (χ0v) is 14.1. The van der Waals surface area contributed by atoms with Crippen molar-refractivity contribution < 1.29 is 0 Å². The van der Waals surface area contributed by atoms with Crippen LogP contribution in [0.5, 0.6) is 0 Å². The number of rotatable bonds is 4. The lowest BCUT2D eigenvalue weighted by Crippen LogP contribution is -2.19. The van der Waals surface area contributed by atoms with Gasteiger partial charge in [-0.15, -0.1) is 5.11 Å². The standard InChI is InChI=1S/C21H19N5/c22-21(23)18-12-14-19(15-13-18)24-26-25-20-9-5-4-8-17(20)11-10-16-6-2-1-3-7-16/h1-9,12-15,21H,22-23H2,(H,24,25). The Labute approximate surface area is 152 Å². The van der Waals surface area contributed by atoms with Crippen molar-refractivity contribution in [1.82, 2.24) is 0 Å². The number of nitrogens with two attached hydrogens (primary N) is 2. The van der Waals surface area contributed by atoms with E-state index in [4.69, 9.17) is 11.5 Å². The van der Waals surface area contributed by atoms with Crippen molar-refractivity contribution in [2.24, 2.45) is 21.8 Å². The average molecular weight is 341 g/mol. The quantitative estimate of drug-likeness (QED) is 0.289. The number of hydrogen-bond donors (Lipinski definition) is 3. The number of nitrogens with one attached hydrogen (secondary N) is 1. The Balaban J connectivity index is 1.71. The summed E-state index contributed by atoms with van der Waals surface area (Å²) in [7, 11) is 0. The molecule has 0 aliphatic carbocycles. The van der Waals surface area contributed by atoms with E-state index in [1.54, 1.807) is 0 Å². The lowest BCUT2D eigenvalue weighted by Gasteiger charge is -2.05. The van der Waals surface area contributed by atoms with Crippen LogP contribution in [0.4, 0.5) is 11.4 Å². The lowest BCUT2D eigenvalue weighted by molar-refractivity contribution is 0.774. The van der Waals surface area contributed by atoms with Gasteiger partial charge in [-0.05, 0) is 42.0 Å². The van der Waals surface area contributed by atoms with Crippen molar-refractivity contribution in [2.45, 2.75) is 6.17 Å². The van der Waals surface area contributed by atoms with Crippen LogP contribution in [-0.2, 0) is 0 Å². The SMILES string of the molecule is NC(N)c1ccc(/N=N/Nc2ccccc2C#Cc2ccccc2)cc1. The second kappa shape index (κ2) is 8.58. The molecule has 0 atom stereocenters. The van der Waals surface area contributed by atoms with E-state index < -0.39 is 6.17 Å². The normalized spacial score (nSPS) is 10.6. The molecule has 0 aliphatic heterocycles. The molecule has 26 heavy (non-hydrogen) atoms. The highest BCUT2D eigenvalue weighted by Gasteiger charge is 1.99. The van der Waals surface area contributed by atoms with Gasteiger partial charge in [0.15, 0.2) is 0 Å². The van der Waals surface area contributed by atoms with Crippen LogP contribution in [0.1, 0.15) is 22.9 Å². The molecule has 0 unspecified atom stereocenters. The Kier molecular flexibility index (Phi) is 5.73. The van der Waals surface area contributed by atoms with Gasteiger partial charge in [-0.1, -0.05) is 59.5 Å². The minimum atomic E-state index is -0.492. The first kappa shape index (κ1) is 17.4. The van der Waals surface area contributed by atoms with Gasteiger partial charge in [-0.25, -0.2) is 0 Å². The molecule has 0 saturated carbocycles. The smallest absolute Gasteiger partial charge is 0.0874 e. The Hall–Kier alpha value is -3.46. The Morgan fingerprint density at radius 2 is 1.46 bits per heavy atom. The van der Waals surface area contributed by atoms with E-state index in [0.29, 0.717) is 5.69 Å². The number of hydrogen-bond acceptors (Lipinski definition) is 4. The van der Waals surface area contributed by atoms with Crippen LogP contribution in [0, 0.1) is 11.8 Å². The number of nitrogens with zero attached hydrogens (tertiary/aromatic N) is 2. The first-order valence-electron chi connectivity index (χ1n) is 8.16. The van der Waals surface area contributed by atoms with E-state index in [1.807, 2.05) is 78.9 Å². The molecule has 0 aromatic heterocycles. The second-order valence-electron chi connectivity index (χ2n) is 5.59. The molecule has 3 rings (SSSR count). The third kappa shape index (κ3) is 4.77. The van der Waals surface area contributed by atoms with E-state index in [9.17, 15) is 0 Å². The van der Waals surface area contributed by atoms with Gasteiger partial charge >= 0.3 is 0 Å². The fourth-order valence-electron chi connectivity index (χ4n) is 2.25. The van der Waals surface area contributed by atoms with Crippen LogP contribution in [0.25, 0.3) is 0 Å². The molecule has 0 bridgehead atoms. The van der Waals surface area contributed by atoms with Gasteiger partial charge in [-0.2, -0.15) is 0 Å².